The summed E-state index contributed by atoms with van der Waals surface area (Å²) in [5.74, 6) is 0.897. The Balaban J connectivity index is 1.88. The Hall–Kier alpha value is -1.85. The molecule has 21 heavy (non-hydrogen) atoms. The first-order valence-electron chi connectivity index (χ1n) is 7.20. The quantitative estimate of drug-likeness (QED) is 0.789. The van der Waals surface area contributed by atoms with Crippen molar-refractivity contribution in [2.75, 3.05) is 11.4 Å². The van der Waals surface area contributed by atoms with Gasteiger partial charge in [0.1, 0.15) is 0 Å². The highest BCUT2D eigenvalue weighted by atomic mass is 32.1. The van der Waals surface area contributed by atoms with Gasteiger partial charge in [-0.2, -0.15) is 0 Å². The summed E-state index contributed by atoms with van der Waals surface area (Å²) in [5, 5.41) is 11.8. The second-order valence-corrected chi connectivity index (χ2v) is 6.36. The molecule has 0 amide bonds. The number of hydrogen-bond donors (Lipinski definition) is 1. The average molecular weight is 299 g/mol. The van der Waals surface area contributed by atoms with Gasteiger partial charge in [0.05, 0.1) is 12.3 Å². The van der Waals surface area contributed by atoms with Gasteiger partial charge >= 0.3 is 0 Å². The molecular formula is C16H17N3OS. The maximum Gasteiger partial charge on any atom is 0.195 e. The van der Waals surface area contributed by atoms with Crippen LogP contribution in [0.4, 0.5) is 11.5 Å². The van der Waals surface area contributed by atoms with E-state index in [-0.39, 0.29) is 6.61 Å². The van der Waals surface area contributed by atoms with E-state index in [1.165, 1.54) is 16.8 Å². The van der Waals surface area contributed by atoms with Crippen LogP contribution in [0, 0.1) is 6.92 Å². The van der Waals surface area contributed by atoms with Crippen LogP contribution in [-0.2, 0) is 13.0 Å². The largest absolute Gasteiger partial charge is 0.390 e. The van der Waals surface area contributed by atoms with Crippen LogP contribution in [0.15, 0.2) is 29.8 Å². The third-order valence-corrected chi connectivity index (χ3v) is 4.86. The summed E-state index contributed by atoms with van der Waals surface area (Å²) in [6.07, 6.45) is 4.21. The summed E-state index contributed by atoms with van der Waals surface area (Å²) in [6.45, 7) is 3.09. The van der Waals surface area contributed by atoms with Gasteiger partial charge in [-0.3, -0.25) is 4.40 Å². The minimum Gasteiger partial charge on any atom is -0.390 e. The lowest BCUT2D eigenvalue weighted by molar-refractivity contribution is 0.276. The Morgan fingerprint density at radius 1 is 1.38 bits per heavy atom. The van der Waals surface area contributed by atoms with E-state index in [9.17, 15) is 5.11 Å². The number of nitrogens with zero attached hydrogens (tertiary/aromatic N) is 3. The highest BCUT2D eigenvalue weighted by Crippen LogP contribution is 2.36. The molecule has 1 N–H and O–H groups in total. The third-order valence-electron chi connectivity index (χ3n) is 4.10. The van der Waals surface area contributed by atoms with Crippen LogP contribution in [0.5, 0.6) is 0 Å². The number of aliphatic hydroxyl groups excluding tert-OH is 1. The number of aromatic nitrogens is 2. The highest BCUT2D eigenvalue weighted by molar-refractivity contribution is 7.15. The van der Waals surface area contributed by atoms with Crippen molar-refractivity contribution in [2.24, 2.45) is 0 Å². The fourth-order valence-corrected chi connectivity index (χ4v) is 3.86. The van der Waals surface area contributed by atoms with Gasteiger partial charge in [-0.05, 0) is 31.4 Å². The zero-order valence-electron chi connectivity index (χ0n) is 11.9. The van der Waals surface area contributed by atoms with Crippen LogP contribution in [0.2, 0.25) is 0 Å². The molecule has 4 rings (SSSR count). The second-order valence-electron chi connectivity index (χ2n) is 5.48. The highest BCUT2D eigenvalue weighted by Gasteiger charge is 2.24. The number of rotatable bonds is 2. The van der Waals surface area contributed by atoms with Crippen LogP contribution < -0.4 is 4.90 Å². The molecule has 0 atom stereocenters. The SMILES string of the molecule is Cc1ccc2c(c1)CCCN2c1nc2sccn2c1CO. The average Bonchev–Trinajstić information content (AvgIpc) is 3.06. The van der Waals surface area contributed by atoms with Crippen molar-refractivity contribution in [1.29, 1.82) is 0 Å². The lowest BCUT2D eigenvalue weighted by Gasteiger charge is -2.30. The number of aryl methyl sites for hydroxylation is 2. The van der Waals surface area contributed by atoms with E-state index in [2.05, 4.69) is 30.0 Å². The number of imidazole rings is 1. The summed E-state index contributed by atoms with van der Waals surface area (Å²) >= 11 is 1.60. The van der Waals surface area contributed by atoms with Crippen molar-refractivity contribution in [3.63, 3.8) is 0 Å². The van der Waals surface area contributed by atoms with Gasteiger partial charge in [0.15, 0.2) is 10.8 Å². The van der Waals surface area contributed by atoms with E-state index in [0.717, 1.165) is 35.9 Å². The predicted octanol–water partition coefficient (Wildman–Crippen LogP) is 3.28. The van der Waals surface area contributed by atoms with Gasteiger partial charge in [0.2, 0.25) is 0 Å². The van der Waals surface area contributed by atoms with Crippen molar-refractivity contribution >= 4 is 27.8 Å². The Morgan fingerprint density at radius 2 is 2.29 bits per heavy atom. The van der Waals surface area contributed by atoms with Gasteiger partial charge in [0.25, 0.3) is 0 Å². The maximum absolute atomic E-state index is 9.76. The zero-order chi connectivity index (χ0) is 14.4. The summed E-state index contributed by atoms with van der Waals surface area (Å²) in [5.41, 5.74) is 4.78. The van der Waals surface area contributed by atoms with E-state index in [4.69, 9.17) is 4.98 Å². The van der Waals surface area contributed by atoms with E-state index in [1.807, 2.05) is 16.0 Å². The van der Waals surface area contributed by atoms with E-state index >= 15 is 0 Å². The molecule has 0 saturated heterocycles. The fourth-order valence-electron chi connectivity index (χ4n) is 3.13. The molecule has 3 heterocycles. The summed E-state index contributed by atoms with van der Waals surface area (Å²) < 4.78 is 1.99. The smallest absolute Gasteiger partial charge is 0.195 e. The van der Waals surface area contributed by atoms with E-state index in [1.54, 1.807) is 11.3 Å². The molecule has 0 saturated carbocycles. The molecule has 0 unspecified atom stereocenters. The molecule has 1 aliphatic rings. The first-order chi connectivity index (χ1) is 10.3. The number of benzene rings is 1. The molecular weight excluding hydrogens is 282 g/mol. The molecule has 0 fully saturated rings. The predicted molar refractivity (Wildman–Crippen MR) is 85.5 cm³/mol. The Bertz CT molecular complexity index is 805. The molecule has 4 nitrogen and oxygen atoms in total. The first-order valence-corrected chi connectivity index (χ1v) is 8.08. The minimum absolute atomic E-state index is 0.00489. The number of aliphatic hydroxyl groups is 1. The summed E-state index contributed by atoms with van der Waals surface area (Å²) in [6, 6.07) is 6.59. The van der Waals surface area contributed by atoms with E-state index in [0.29, 0.717) is 0 Å². The minimum atomic E-state index is 0.00489. The number of thiazole rings is 1. The molecule has 0 radical (unpaired) electrons. The van der Waals surface area contributed by atoms with Crippen LogP contribution in [0.3, 0.4) is 0 Å². The topological polar surface area (TPSA) is 40.8 Å². The lowest BCUT2D eigenvalue weighted by Crippen LogP contribution is -2.26. The van der Waals surface area contributed by atoms with Crippen molar-refractivity contribution in [1.82, 2.24) is 9.38 Å². The van der Waals surface area contributed by atoms with Gasteiger partial charge < -0.3 is 10.0 Å². The standard InChI is InChI=1S/C16H17N3OS/c1-11-4-5-13-12(9-11)3-2-6-18(13)15-14(10-20)19-7-8-21-16(19)17-15/h4-5,7-9,20H,2-3,6,10H2,1H3. The van der Waals surface area contributed by atoms with Gasteiger partial charge in [-0.25, -0.2) is 4.98 Å². The molecule has 108 valence electrons. The Kier molecular flexibility index (Phi) is 2.97. The van der Waals surface area contributed by atoms with Gasteiger partial charge in [-0.15, -0.1) is 11.3 Å². The number of hydrogen-bond acceptors (Lipinski definition) is 4. The van der Waals surface area contributed by atoms with Crippen molar-refractivity contribution in [3.8, 4) is 0 Å². The Labute approximate surface area is 127 Å². The van der Waals surface area contributed by atoms with E-state index < -0.39 is 0 Å². The van der Waals surface area contributed by atoms with Gasteiger partial charge in [0, 0.05) is 23.8 Å². The fraction of sp³-hybridized carbons (Fsp3) is 0.312. The van der Waals surface area contributed by atoms with Crippen LogP contribution >= 0.6 is 11.3 Å². The molecule has 0 aliphatic carbocycles. The normalized spacial score (nSPS) is 14.7. The second kappa shape index (κ2) is 4.86. The summed E-state index contributed by atoms with van der Waals surface area (Å²) in [4.78, 5) is 7.93. The number of anilines is 2. The van der Waals surface area contributed by atoms with Crippen molar-refractivity contribution in [3.05, 3.63) is 46.6 Å². The van der Waals surface area contributed by atoms with Gasteiger partial charge in [-0.1, -0.05) is 17.7 Å². The first kappa shape index (κ1) is 12.9. The number of fused-ring (bicyclic) bond motifs is 2. The third kappa shape index (κ3) is 1.96. The molecule has 0 bridgehead atoms. The molecule has 3 aromatic rings. The summed E-state index contributed by atoms with van der Waals surface area (Å²) in [7, 11) is 0. The molecule has 1 aromatic carbocycles. The zero-order valence-corrected chi connectivity index (χ0v) is 12.7. The van der Waals surface area contributed by atoms with Crippen LogP contribution in [-0.4, -0.2) is 21.0 Å². The van der Waals surface area contributed by atoms with Crippen molar-refractivity contribution < 1.29 is 5.11 Å². The van der Waals surface area contributed by atoms with Crippen molar-refractivity contribution in [2.45, 2.75) is 26.4 Å². The monoisotopic (exact) mass is 299 g/mol. The molecule has 2 aromatic heterocycles. The Morgan fingerprint density at radius 3 is 3.14 bits per heavy atom. The lowest BCUT2D eigenvalue weighted by atomic mass is 9.99. The molecule has 1 aliphatic heterocycles. The molecule has 0 spiro atoms. The van der Waals surface area contributed by atoms with Crippen LogP contribution in [0.25, 0.3) is 4.96 Å². The molecule has 5 heteroatoms. The van der Waals surface area contributed by atoms with Crippen LogP contribution in [0.1, 0.15) is 23.2 Å². The maximum atomic E-state index is 9.76.